The van der Waals surface area contributed by atoms with Crippen LogP contribution in [0, 0.1) is 0 Å². The molecule has 0 unspecified atom stereocenters. The molecule has 88 valence electrons. The van der Waals surface area contributed by atoms with E-state index in [4.69, 9.17) is 28.9 Å². The maximum atomic E-state index is 11.5. The van der Waals surface area contributed by atoms with E-state index in [9.17, 15) is 4.79 Å². The van der Waals surface area contributed by atoms with Gasteiger partial charge in [-0.25, -0.2) is 4.68 Å². The van der Waals surface area contributed by atoms with Gasteiger partial charge in [-0.05, 0) is 17.7 Å². The molecule has 0 spiro atoms. The minimum atomic E-state index is -0.241. The molecule has 0 atom stereocenters. The number of hydrogen-bond donors (Lipinski definition) is 1. The number of nitrogen functional groups attached to an aromatic ring is 1. The van der Waals surface area contributed by atoms with Gasteiger partial charge in [0.05, 0.1) is 16.6 Å². The fourth-order valence-electron chi connectivity index (χ4n) is 1.41. The SMILES string of the molecule is Nc1ccc(=O)n(Cc2cccc(Cl)c2Cl)n1. The zero-order valence-electron chi connectivity index (χ0n) is 8.73. The van der Waals surface area contributed by atoms with Gasteiger partial charge in [0.1, 0.15) is 5.82 Å². The predicted octanol–water partition coefficient (Wildman–Crippen LogP) is 2.18. The van der Waals surface area contributed by atoms with Crippen molar-refractivity contribution < 1.29 is 0 Å². The highest BCUT2D eigenvalue weighted by molar-refractivity contribution is 6.42. The van der Waals surface area contributed by atoms with E-state index < -0.39 is 0 Å². The van der Waals surface area contributed by atoms with E-state index in [0.29, 0.717) is 10.0 Å². The molecule has 2 aromatic rings. The number of hydrogen-bond acceptors (Lipinski definition) is 3. The quantitative estimate of drug-likeness (QED) is 0.909. The van der Waals surface area contributed by atoms with Crippen LogP contribution in [0.25, 0.3) is 0 Å². The lowest BCUT2D eigenvalue weighted by Gasteiger charge is -2.07. The first-order chi connectivity index (χ1) is 8.08. The smallest absolute Gasteiger partial charge is 0.267 e. The van der Waals surface area contributed by atoms with Gasteiger partial charge < -0.3 is 5.73 Å². The Hall–Kier alpha value is -1.52. The predicted molar refractivity (Wildman–Crippen MR) is 68.5 cm³/mol. The van der Waals surface area contributed by atoms with Crippen LogP contribution >= 0.6 is 23.2 Å². The number of benzene rings is 1. The van der Waals surface area contributed by atoms with Crippen molar-refractivity contribution in [2.24, 2.45) is 0 Å². The highest BCUT2D eigenvalue weighted by Crippen LogP contribution is 2.25. The molecule has 0 saturated heterocycles. The molecule has 0 fully saturated rings. The Morgan fingerprint density at radius 3 is 2.76 bits per heavy atom. The van der Waals surface area contributed by atoms with E-state index >= 15 is 0 Å². The maximum absolute atomic E-state index is 11.5. The maximum Gasteiger partial charge on any atom is 0.267 e. The van der Waals surface area contributed by atoms with Crippen molar-refractivity contribution in [3.63, 3.8) is 0 Å². The van der Waals surface area contributed by atoms with Crippen molar-refractivity contribution in [1.29, 1.82) is 0 Å². The topological polar surface area (TPSA) is 60.9 Å². The molecule has 0 aliphatic rings. The van der Waals surface area contributed by atoms with Crippen LogP contribution in [0.2, 0.25) is 10.0 Å². The molecule has 2 N–H and O–H groups in total. The van der Waals surface area contributed by atoms with Gasteiger partial charge in [-0.2, -0.15) is 5.10 Å². The summed E-state index contributed by atoms with van der Waals surface area (Å²) in [6, 6.07) is 8.05. The largest absolute Gasteiger partial charge is 0.382 e. The van der Waals surface area contributed by atoms with Crippen LogP contribution in [0.3, 0.4) is 0 Å². The number of anilines is 1. The fraction of sp³-hybridized carbons (Fsp3) is 0.0909. The molecule has 0 saturated carbocycles. The zero-order valence-corrected chi connectivity index (χ0v) is 10.2. The minimum absolute atomic E-state index is 0.239. The van der Waals surface area contributed by atoms with Crippen molar-refractivity contribution in [2.45, 2.75) is 6.54 Å². The van der Waals surface area contributed by atoms with Crippen molar-refractivity contribution >= 4 is 29.0 Å². The fourth-order valence-corrected chi connectivity index (χ4v) is 1.79. The lowest BCUT2D eigenvalue weighted by molar-refractivity contribution is 0.644. The number of aromatic nitrogens is 2. The molecule has 0 aliphatic heterocycles. The molecule has 1 aromatic carbocycles. The first-order valence-electron chi connectivity index (χ1n) is 4.84. The second-order valence-corrected chi connectivity index (χ2v) is 4.25. The van der Waals surface area contributed by atoms with Gasteiger partial charge in [0.25, 0.3) is 5.56 Å². The van der Waals surface area contributed by atoms with Crippen LogP contribution in [0.1, 0.15) is 5.56 Å². The molecule has 4 nitrogen and oxygen atoms in total. The van der Waals surface area contributed by atoms with Gasteiger partial charge >= 0.3 is 0 Å². The third kappa shape index (κ3) is 2.60. The van der Waals surface area contributed by atoms with Gasteiger partial charge in [0, 0.05) is 6.07 Å². The van der Waals surface area contributed by atoms with Gasteiger partial charge in [-0.15, -0.1) is 0 Å². The van der Waals surface area contributed by atoms with Crippen molar-refractivity contribution in [3.05, 3.63) is 56.3 Å². The van der Waals surface area contributed by atoms with Gasteiger partial charge in [0.2, 0.25) is 0 Å². The molecular weight excluding hydrogens is 261 g/mol. The molecule has 17 heavy (non-hydrogen) atoms. The summed E-state index contributed by atoms with van der Waals surface area (Å²) >= 11 is 11.9. The lowest BCUT2D eigenvalue weighted by atomic mass is 10.2. The summed E-state index contributed by atoms with van der Waals surface area (Å²) in [5.74, 6) is 0.280. The molecule has 2 rings (SSSR count). The first kappa shape index (κ1) is 12.0. The highest BCUT2D eigenvalue weighted by Gasteiger charge is 2.06. The number of rotatable bonds is 2. The first-order valence-corrected chi connectivity index (χ1v) is 5.60. The Kier molecular flexibility index (Phi) is 3.36. The van der Waals surface area contributed by atoms with E-state index in [1.54, 1.807) is 18.2 Å². The van der Waals surface area contributed by atoms with E-state index in [0.717, 1.165) is 5.56 Å². The summed E-state index contributed by atoms with van der Waals surface area (Å²) < 4.78 is 1.24. The van der Waals surface area contributed by atoms with Crippen LogP contribution in [0.5, 0.6) is 0 Å². The Morgan fingerprint density at radius 1 is 1.24 bits per heavy atom. The van der Waals surface area contributed by atoms with Crippen molar-refractivity contribution in [2.75, 3.05) is 5.73 Å². The average molecular weight is 270 g/mol. The van der Waals surface area contributed by atoms with E-state index in [1.807, 2.05) is 0 Å². The van der Waals surface area contributed by atoms with Crippen LogP contribution in [0.4, 0.5) is 5.82 Å². The summed E-state index contributed by atoms with van der Waals surface area (Å²) in [6.07, 6.45) is 0. The molecule has 1 heterocycles. The Bertz CT molecular complexity index is 610. The molecule has 0 amide bonds. The molecule has 6 heteroatoms. The van der Waals surface area contributed by atoms with Gasteiger partial charge in [0.15, 0.2) is 0 Å². The summed E-state index contributed by atoms with van der Waals surface area (Å²) in [6.45, 7) is 0.239. The van der Waals surface area contributed by atoms with Gasteiger partial charge in [-0.3, -0.25) is 4.79 Å². The second kappa shape index (κ2) is 4.77. The lowest BCUT2D eigenvalue weighted by Crippen LogP contribution is -2.23. The monoisotopic (exact) mass is 269 g/mol. The summed E-state index contributed by atoms with van der Waals surface area (Å²) in [5, 5.41) is 4.79. The van der Waals surface area contributed by atoms with E-state index in [-0.39, 0.29) is 17.9 Å². The summed E-state index contributed by atoms with van der Waals surface area (Å²) in [4.78, 5) is 11.5. The number of nitrogens with zero attached hydrogens (tertiary/aromatic N) is 2. The zero-order chi connectivity index (χ0) is 12.4. The van der Waals surface area contributed by atoms with Crippen molar-refractivity contribution in [3.8, 4) is 0 Å². The van der Waals surface area contributed by atoms with Crippen LogP contribution < -0.4 is 11.3 Å². The van der Waals surface area contributed by atoms with Crippen LogP contribution in [0.15, 0.2) is 35.1 Å². The number of halogens is 2. The third-order valence-corrected chi connectivity index (χ3v) is 3.10. The summed E-state index contributed by atoms with van der Waals surface area (Å²) in [7, 11) is 0. The highest BCUT2D eigenvalue weighted by atomic mass is 35.5. The molecule has 0 bridgehead atoms. The molecule has 1 aromatic heterocycles. The molecular formula is C11H9Cl2N3O. The minimum Gasteiger partial charge on any atom is -0.382 e. The Balaban J connectivity index is 2.41. The standard InChI is InChI=1S/C11H9Cl2N3O/c12-8-3-1-2-7(11(8)13)6-16-10(17)5-4-9(14)15-16/h1-5H,6H2,(H2,14,15). The molecule has 0 radical (unpaired) electrons. The third-order valence-electron chi connectivity index (χ3n) is 2.24. The van der Waals surface area contributed by atoms with E-state index in [1.165, 1.54) is 16.8 Å². The normalized spacial score (nSPS) is 10.5. The Morgan fingerprint density at radius 2 is 2.00 bits per heavy atom. The van der Waals surface area contributed by atoms with Crippen LogP contribution in [-0.4, -0.2) is 9.78 Å². The van der Waals surface area contributed by atoms with E-state index in [2.05, 4.69) is 5.10 Å². The second-order valence-electron chi connectivity index (χ2n) is 3.47. The van der Waals surface area contributed by atoms with Crippen molar-refractivity contribution in [1.82, 2.24) is 9.78 Å². The molecule has 0 aliphatic carbocycles. The van der Waals surface area contributed by atoms with Gasteiger partial charge in [-0.1, -0.05) is 35.3 Å². The van der Waals surface area contributed by atoms with Crippen LogP contribution in [-0.2, 0) is 6.54 Å². The number of nitrogens with two attached hydrogens (primary N) is 1. The average Bonchev–Trinajstić information content (AvgIpc) is 2.30. The summed E-state index contributed by atoms with van der Waals surface area (Å²) in [5.41, 5.74) is 6.00. The Labute approximate surface area is 108 Å².